The van der Waals surface area contributed by atoms with Crippen molar-refractivity contribution in [1.82, 2.24) is 15.3 Å². The summed E-state index contributed by atoms with van der Waals surface area (Å²) in [4.78, 5) is 22.1. The zero-order chi connectivity index (χ0) is 14.0. The Hall–Kier alpha value is -1.69. The van der Waals surface area contributed by atoms with Crippen LogP contribution in [0.2, 0.25) is 0 Å². The van der Waals surface area contributed by atoms with Crippen LogP contribution >= 0.6 is 0 Å². The number of nitrogens with zero attached hydrogens (tertiary/aromatic N) is 3. The van der Waals surface area contributed by atoms with Crippen LogP contribution in [-0.2, 0) is 4.79 Å². The zero-order valence-corrected chi connectivity index (χ0v) is 11.5. The molecule has 1 aliphatic carbocycles. The summed E-state index contributed by atoms with van der Waals surface area (Å²) in [5.41, 5.74) is -0.876. The Morgan fingerprint density at radius 1 is 1.45 bits per heavy atom. The van der Waals surface area contributed by atoms with Crippen molar-refractivity contribution in [2.24, 2.45) is 5.92 Å². The first-order chi connectivity index (χ1) is 9.66. The lowest BCUT2D eigenvalue weighted by Crippen LogP contribution is -2.47. The smallest absolute Gasteiger partial charge is 0.225 e. The lowest BCUT2D eigenvalue weighted by atomic mass is 9.84. The molecule has 6 heteroatoms. The van der Waals surface area contributed by atoms with Gasteiger partial charge in [0.1, 0.15) is 5.60 Å². The molecule has 1 atom stereocenters. The SMILES string of the molecule is O=C(NC[C@@]1(O)CCN(c2ncccn2)C1)C1CCC1. The molecule has 6 nitrogen and oxygen atoms in total. The summed E-state index contributed by atoms with van der Waals surface area (Å²) in [6.45, 7) is 1.48. The van der Waals surface area contributed by atoms with Gasteiger partial charge in [-0.25, -0.2) is 9.97 Å². The molecule has 1 aliphatic heterocycles. The van der Waals surface area contributed by atoms with E-state index in [0.29, 0.717) is 32.0 Å². The topological polar surface area (TPSA) is 78.4 Å². The summed E-state index contributed by atoms with van der Waals surface area (Å²) in [5, 5.41) is 13.4. The predicted octanol–water partition coefficient (Wildman–Crippen LogP) is 0.334. The summed E-state index contributed by atoms with van der Waals surface area (Å²) in [7, 11) is 0. The summed E-state index contributed by atoms with van der Waals surface area (Å²) in [6.07, 6.45) is 7.11. The summed E-state index contributed by atoms with van der Waals surface area (Å²) in [5.74, 6) is 0.876. The van der Waals surface area contributed by atoms with Crippen molar-refractivity contribution in [3.63, 3.8) is 0 Å². The second-order valence-corrected chi connectivity index (χ2v) is 5.79. The van der Waals surface area contributed by atoms with Crippen molar-refractivity contribution < 1.29 is 9.90 Å². The van der Waals surface area contributed by atoms with Crippen molar-refractivity contribution >= 4 is 11.9 Å². The minimum atomic E-state index is -0.876. The molecule has 0 spiro atoms. The Morgan fingerprint density at radius 2 is 2.20 bits per heavy atom. The lowest BCUT2D eigenvalue weighted by Gasteiger charge is -2.28. The molecule has 0 unspecified atom stereocenters. The Bertz CT molecular complexity index is 477. The minimum Gasteiger partial charge on any atom is -0.386 e. The average Bonchev–Trinajstić information content (AvgIpc) is 2.79. The Labute approximate surface area is 118 Å². The van der Waals surface area contributed by atoms with E-state index in [0.717, 1.165) is 19.3 Å². The number of nitrogens with one attached hydrogen (secondary N) is 1. The molecule has 2 heterocycles. The normalized spacial score (nSPS) is 26.4. The van der Waals surface area contributed by atoms with Crippen molar-refractivity contribution in [2.45, 2.75) is 31.3 Å². The molecule has 1 saturated carbocycles. The van der Waals surface area contributed by atoms with E-state index in [1.54, 1.807) is 18.5 Å². The van der Waals surface area contributed by atoms with E-state index < -0.39 is 5.60 Å². The summed E-state index contributed by atoms with van der Waals surface area (Å²) in [6, 6.07) is 1.77. The maximum atomic E-state index is 11.8. The number of anilines is 1. The first-order valence-electron chi connectivity index (χ1n) is 7.18. The molecule has 108 valence electrons. The van der Waals surface area contributed by atoms with Crippen LogP contribution in [0.25, 0.3) is 0 Å². The van der Waals surface area contributed by atoms with Gasteiger partial charge in [0.05, 0.1) is 6.54 Å². The number of rotatable bonds is 4. The van der Waals surface area contributed by atoms with Gasteiger partial charge in [-0.1, -0.05) is 6.42 Å². The van der Waals surface area contributed by atoms with E-state index in [2.05, 4.69) is 15.3 Å². The number of carbonyl (C=O) groups is 1. The van der Waals surface area contributed by atoms with Gasteiger partial charge >= 0.3 is 0 Å². The van der Waals surface area contributed by atoms with E-state index in [1.807, 2.05) is 4.90 Å². The van der Waals surface area contributed by atoms with Crippen molar-refractivity contribution in [3.8, 4) is 0 Å². The largest absolute Gasteiger partial charge is 0.386 e. The van der Waals surface area contributed by atoms with Crippen LogP contribution < -0.4 is 10.2 Å². The van der Waals surface area contributed by atoms with Gasteiger partial charge in [-0.15, -0.1) is 0 Å². The van der Waals surface area contributed by atoms with Gasteiger partial charge < -0.3 is 15.3 Å². The first-order valence-corrected chi connectivity index (χ1v) is 7.18. The predicted molar refractivity (Wildman–Crippen MR) is 74.2 cm³/mol. The third kappa shape index (κ3) is 2.75. The van der Waals surface area contributed by atoms with Gasteiger partial charge in [0.15, 0.2) is 0 Å². The van der Waals surface area contributed by atoms with Crippen molar-refractivity contribution in [3.05, 3.63) is 18.5 Å². The zero-order valence-electron chi connectivity index (χ0n) is 11.5. The van der Waals surface area contributed by atoms with Gasteiger partial charge in [-0.3, -0.25) is 4.79 Å². The average molecular weight is 276 g/mol. The molecule has 20 heavy (non-hydrogen) atoms. The van der Waals surface area contributed by atoms with Crippen LogP contribution in [0.4, 0.5) is 5.95 Å². The number of amides is 1. The molecule has 2 fully saturated rings. The lowest BCUT2D eigenvalue weighted by molar-refractivity contribution is -0.128. The molecule has 1 saturated heterocycles. The molecular formula is C14H20N4O2. The fourth-order valence-corrected chi connectivity index (χ4v) is 2.69. The highest BCUT2D eigenvalue weighted by Crippen LogP contribution is 2.27. The number of hydrogen-bond donors (Lipinski definition) is 2. The van der Waals surface area contributed by atoms with Gasteiger partial charge in [0.2, 0.25) is 11.9 Å². The molecule has 0 aromatic carbocycles. The first kappa shape index (κ1) is 13.3. The highest BCUT2D eigenvalue weighted by atomic mass is 16.3. The van der Waals surface area contributed by atoms with Crippen LogP contribution in [0.1, 0.15) is 25.7 Å². The van der Waals surface area contributed by atoms with Gasteiger partial charge in [-0.2, -0.15) is 0 Å². The summed E-state index contributed by atoms with van der Waals surface area (Å²) < 4.78 is 0. The van der Waals surface area contributed by atoms with E-state index in [4.69, 9.17) is 0 Å². The molecule has 2 N–H and O–H groups in total. The molecule has 1 aromatic heterocycles. The van der Waals surface area contributed by atoms with Gasteiger partial charge in [0, 0.05) is 31.4 Å². The third-order valence-electron chi connectivity index (χ3n) is 4.23. The van der Waals surface area contributed by atoms with Gasteiger partial charge in [-0.05, 0) is 25.3 Å². The number of aliphatic hydroxyl groups is 1. The Balaban J connectivity index is 1.53. The van der Waals surface area contributed by atoms with E-state index in [9.17, 15) is 9.90 Å². The molecule has 1 amide bonds. The van der Waals surface area contributed by atoms with Crippen LogP contribution in [0.3, 0.4) is 0 Å². The molecule has 0 bridgehead atoms. The Morgan fingerprint density at radius 3 is 2.85 bits per heavy atom. The molecule has 2 aliphatic rings. The minimum absolute atomic E-state index is 0.0825. The van der Waals surface area contributed by atoms with Crippen molar-refractivity contribution in [2.75, 3.05) is 24.5 Å². The van der Waals surface area contributed by atoms with E-state index >= 15 is 0 Å². The van der Waals surface area contributed by atoms with Crippen molar-refractivity contribution in [1.29, 1.82) is 0 Å². The molecular weight excluding hydrogens is 256 g/mol. The number of carbonyl (C=O) groups excluding carboxylic acids is 1. The van der Waals surface area contributed by atoms with E-state index in [1.165, 1.54) is 0 Å². The monoisotopic (exact) mass is 276 g/mol. The third-order valence-corrected chi connectivity index (χ3v) is 4.23. The van der Waals surface area contributed by atoms with Crippen LogP contribution in [0.15, 0.2) is 18.5 Å². The molecule has 1 aromatic rings. The van der Waals surface area contributed by atoms with Crippen LogP contribution in [-0.4, -0.2) is 46.2 Å². The highest BCUT2D eigenvalue weighted by Gasteiger charge is 2.38. The van der Waals surface area contributed by atoms with Crippen LogP contribution in [0.5, 0.6) is 0 Å². The number of β-amino-alcohol motifs (C(OH)–C–C–N with tert-alkyl or cyclic N) is 1. The Kier molecular flexibility index (Phi) is 3.56. The quantitative estimate of drug-likeness (QED) is 0.829. The second-order valence-electron chi connectivity index (χ2n) is 5.79. The maximum Gasteiger partial charge on any atom is 0.225 e. The fourth-order valence-electron chi connectivity index (χ4n) is 2.69. The number of aromatic nitrogens is 2. The highest BCUT2D eigenvalue weighted by molar-refractivity contribution is 5.79. The summed E-state index contributed by atoms with van der Waals surface area (Å²) >= 11 is 0. The standard InChI is InChI=1S/C14H20N4O2/c19-12(11-3-1-4-11)17-9-14(20)5-8-18(10-14)13-15-6-2-7-16-13/h2,6-7,11,20H,1,3-5,8-10H2,(H,17,19)/t14-/m0/s1. The molecule has 3 rings (SSSR count). The van der Waals surface area contributed by atoms with Crippen LogP contribution in [0, 0.1) is 5.92 Å². The second kappa shape index (κ2) is 5.36. The maximum absolute atomic E-state index is 11.8. The van der Waals surface area contributed by atoms with E-state index in [-0.39, 0.29) is 11.8 Å². The van der Waals surface area contributed by atoms with Gasteiger partial charge in [0.25, 0.3) is 0 Å². The fraction of sp³-hybridized carbons (Fsp3) is 0.643. The molecule has 0 radical (unpaired) electrons. The number of hydrogen-bond acceptors (Lipinski definition) is 5.